The first-order chi connectivity index (χ1) is 10.6. The molecule has 116 valence electrons. The minimum absolute atomic E-state index is 0.129. The molecule has 0 spiro atoms. The standard InChI is InChI=1S/C16H20N4O2/c1-11(22-9-12-6-7-12)16(21)18-14-5-3-4-13(8-14)15-19-17-10-20(15)2/h3-5,8,10-12H,6-7,9H2,1-2H3,(H,18,21)/t11-/m1/s1. The Bertz CT molecular complexity index is 664. The highest BCUT2D eigenvalue weighted by atomic mass is 16.5. The van der Waals surface area contributed by atoms with Gasteiger partial charge in [0.25, 0.3) is 5.91 Å². The fourth-order valence-electron chi connectivity index (χ4n) is 2.17. The van der Waals surface area contributed by atoms with E-state index in [1.54, 1.807) is 13.3 Å². The SMILES string of the molecule is C[C@@H](OCC1CC1)C(=O)Nc1cccc(-c2nncn2C)c1. The number of hydrogen-bond acceptors (Lipinski definition) is 4. The van der Waals surface area contributed by atoms with Crippen molar-refractivity contribution in [3.63, 3.8) is 0 Å². The number of carbonyl (C=O) groups excluding carboxylic acids is 1. The van der Waals surface area contributed by atoms with Crippen molar-refractivity contribution in [1.29, 1.82) is 0 Å². The molecule has 0 unspecified atom stereocenters. The summed E-state index contributed by atoms with van der Waals surface area (Å²) < 4.78 is 7.42. The van der Waals surface area contributed by atoms with Crippen LogP contribution >= 0.6 is 0 Å². The Morgan fingerprint density at radius 1 is 1.50 bits per heavy atom. The second-order valence-electron chi connectivity index (χ2n) is 5.75. The summed E-state index contributed by atoms with van der Waals surface area (Å²) in [4.78, 5) is 12.1. The van der Waals surface area contributed by atoms with Gasteiger partial charge in [0, 0.05) is 18.3 Å². The molecule has 0 aliphatic heterocycles. The van der Waals surface area contributed by atoms with E-state index in [9.17, 15) is 4.79 Å². The molecule has 1 aliphatic carbocycles. The van der Waals surface area contributed by atoms with Crippen LogP contribution in [0, 0.1) is 5.92 Å². The van der Waals surface area contributed by atoms with E-state index in [1.807, 2.05) is 35.9 Å². The first kappa shape index (κ1) is 14.7. The van der Waals surface area contributed by atoms with E-state index in [0.717, 1.165) is 17.1 Å². The predicted molar refractivity (Wildman–Crippen MR) is 83.2 cm³/mol. The zero-order valence-corrected chi connectivity index (χ0v) is 12.8. The van der Waals surface area contributed by atoms with Crippen molar-refractivity contribution in [3.8, 4) is 11.4 Å². The van der Waals surface area contributed by atoms with Crippen molar-refractivity contribution in [2.75, 3.05) is 11.9 Å². The lowest BCUT2D eigenvalue weighted by Gasteiger charge is -2.13. The molecular formula is C16H20N4O2. The molecular weight excluding hydrogens is 280 g/mol. The van der Waals surface area contributed by atoms with Gasteiger partial charge in [0.2, 0.25) is 0 Å². The van der Waals surface area contributed by atoms with Crippen molar-refractivity contribution in [2.24, 2.45) is 13.0 Å². The summed E-state index contributed by atoms with van der Waals surface area (Å²) in [6.07, 6.45) is 3.63. The maximum Gasteiger partial charge on any atom is 0.253 e. The lowest BCUT2D eigenvalue weighted by Crippen LogP contribution is -2.28. The number of nitrogens with one attached hydrogen (secondary N) is 1. The number of anilines is 1. The molecule has 1 aromatic carbocycles. The summed E-state index contributed by atoms with van der Waals surface area (Å²) in [6, 6.07) is 7.56. The smallest absolute Gasteiger partial charge is 0.253 e. The van der Waals surface area contributed by atoms with Crippen molar-refractivity contribution >= 4 is 11.6 Å². The first-order valence-corrected chi connectivity index (χ1v) is 7.50. The Kier molecular flexibility index (Phi) is 4.20. The Hall–Kier alpha value is -2.21. The number of nitrogens with zero attached hydrogens (tertiary/aromatic N) is 3. The van der Waals surface area contributed by atoms with Crippen molar-refractivity contribution in [2.45, 2.75) is 25.9 Å². The molecule has 1 N–H and O–H groups in total. The van der Waals surface area contributed by atoms with E-state index in [4.69, 9.17) is 4.74 Å². The number of hydrogen-bond donors (Lipinski definition) is 1. The van der Waals surface area contributed by atoms with Gasteiger partial charge in [0.1, 0.15) is 12.4 Å². The van der Waals surface area contributed by atoms with Gasteiger partial charge in [-0.25, -0.2) is 0 Å². The number of amides is 1. The molecule has 1 aromatic heterocycles. The van der Waals surface area contributed by atoms with Crippen LogP contribution in [-0.2, 0) is 16.6 Å². The van der Waals surface area contributed by atoms with E-state index in [-0.39, 0.29) is 5.91 Å². The van der Waals surface area contributed by atoms with Crippen LogP contribution in [0.5, 0.6) is 0 Å². The van der Waals surface area contributed by atoms with Gasteiger partial charge in [-0.1, -0.05) is 12.1 Å². The lowest BCUT2D eigenvalue weighted by atomic mass is 10.2. The third-order valence-corrected chi connectivity index (χ3v) is 3.75. The maximum atomic E-state index is 12.1. The number of aryl methyl sites for hydroxylation is 1. The summed E-state index contributed by atoms with van der Waals surface area (Å²) in [5.41, 5.74) is 1.64. The third-order valence-electron chi connectivity index (χ3n) is 3.75. The Labute approximate surface area is 129 Å². The first-order valence-electron chi connectivity index (χ1n) is 7.50. The van der Waals surface area contributed by atoms with Gasteiger partial charge in [-0.15, -0.1) is 10.2 Å². The summed E-state index contributed by atoms with van der Waals surface area (Å²) in [6.45, 7) is 2.46. The number of benzene rings is 1. The maximum absolute atomic E-state index is 12.1. The molecule has 1 amide bonds. The van der Waals surface area contributed by atoms with Crippen LogP contribution in [0.15, 0.2) is 30.6 Å². The van der Waals surface area contributed by atoms with E-state index < -0.39 is 6.10 Å². The monoisotopic (exact) mass is 300 g/mol. The molecule has 6 nitrogen and oxygen atoms in total. The lowest BCUT2D eigenvalue weighted by molar-refractivity contribution is -0.126. The third kappa shape index (κ3) is 3.51. The molecule has 2 aromatic rings. The molecule has 0 bridgehead atoms. The van der Waals surface area contributed by atoms with E-state index >= 15 is 0 Å². The molecule has 0 saturated heterocycles. The predicted octanol–water partition coefficient (Wildman–Crippen LogP) is 2.24. The quantitative estimate of drug-likeness (QED) is 0.888. The molecule has 1 fully saturated rings. The van der Waals surface area contributed by atoms with Gasteiger partial charge in [-0.05, 0) is 37.8 Å². The molecule has 3 rings (SSSR count). The average Bonchev–Trinajstić information content (AvgIpc) is 3.25. The fraction of sp³-hybridized carbons (Fsp3) is 0.438. The molecule has 22 heavy (non-hydrogen) atoms. The highest BCUT2D eigenvalue weighted by Crippen LogP contribution is 2.29. The summed E-state index contributed by atoms with van der Waals surface area (Å²) >= 11 is 0. The zero-order chi connectivity index (χ0) is 15.5. The summed E-state index contributed by atoms with van der Waals surface area (Å²) in [5.74, 6) is 1.28. The number of rotatable bonds is 6. The molecule has 6 heteroatoms. The van der Waals surface area contributed by atoms with Gasteiger partial charge in [0.05, 0.1) is 6.61 Å². The number of aromatic nitrogens is 3. The molecule has 1 atom stereocenters. The minimum atomic E-state index is -0.445. The second-order valence-corrected chi connectivity index (χ2v) is 5.75. The molecule has 1 aliphatic rings. The van der Waals surface area contributed by atoms with Crippen LogP contribution in [0.25, 0.3) is 11.4 Å². The van der Waals surface area contributed by atoms with Crippen LogP contribution in [-0.4, -0.2) is 33.4 Å². The number of ether oxygens (including phenoxy) is 1. The van der Waals surface area contributed by atoms with Crippen LogP contribution < -0.4 is 5.32 Å². The van der Waals surface area contributed by atoms with Gasteiger partial charge in [-0.2, -0.15) is 0 Å². The van der Waals surface area contributed by atoms with Crippen LogP contribution in [0.3, 0.4) is 0 Å². The van der Waals surface area contributed by atoms with Crippen LogP contribution in [0.2, 0.25) is 0 Å². The second kappa shape index (κ2) is 6.27. The highest BCUT2D eigenvalue weighted by molar-refractivity contribution is 5.94. The Morgan fingerprint density at radius 3 is 3.00 bits per heavy atom. The van der Waals surface area contributed by atoms with E-state index in [0.29, 0.717) is 12.5 Å². The molecule has 0 radical (unpaired) electrons. The molecule has 1 saturated carbocycles. The van der Waals surface area contributed by atoms with Gasteiger partial charge < -0.3 is 14.6 Å². The van der Waals surface area contributed by atoms with Crippen LogP contribution in [0.1, 0.15) is 19.8 Å². The van der Waals surface area contributed by atoms with Crippen molar-refractivity contribution in [1.82, 2.24) is 14.8 Å². The topological polar surface area (TPSA) is 69.0 Å². The summed E-state index contributed by atoms with van der Waals surface area (Å²) in [5, 5.41) is 10.8. The average molecular weight is 300 g/mol. The Balaban J connectivity index is 1.64. The number of carbonyl (C=O) groups is 1. The Morgan fingerprint density at radius 2 is 2.32 bits per heavy atom. The van der Waals surface area contributed by atoms with Gasteiger partial charge >= 0.3 is 0 Å². The largest absolute Gasteiger partial charge is 0.368 e. The fourth-order valence-corrected chi connectivity index (χ4v) is 2.17. The van der Waals surface area contributed by atoms with E-state index in [1.165, 1.54) is 12.8 Å². The minimum Gasteiger partial charge on any atom is -0.368 e. The highest BCUT2D eigenvalue weighted by Gasteiger charge is 2.24. The van der Waals surface area contributed by atoms with Gasteiger partial charge in [-0.3, -0.25) is 4.79 Å². The van der Waals surface area contributed by atoms with E-state index in [2.05, 4.69) is 15.5 Å². The normalized spacial score (nSPS) is 15.5. The summed E-state index contributed by atoms with van der Waals surface area (Å²) in [7, 11) is 1.88. The van der Waals surface area contributed by atoms with Crippen molar-refractivity contribution in [3.05, 3.63) is 30.6 Å². The zero-order valence-electron chi connectivity index (χ0n) is 12.8. The van der Waals surface area contributed by atoms with Crippen LogP contribution in [0.4, 0.5) is 5.69 Å². The molecule has 1 heterocycles. The van der Waals surface area contributed by atoms with Crippen molar-refractivity contribution < 1.29 is 9.53 Å². The van der Waals surface area contributed by atoms with Gasteiger partial charge in [0.15, 0.2) is 5.82 Å².